The largest absolute Gasteiger partial charge is 0.373 e. The van der Waals surface area contributed by atoms with Gasteiger partial charge in [-0.1, -0.05) is 15.9 Å². The standard InChI is InChI=1S/C14H20BrFN2O/c1-9-7-18(8-10(2)19-9)14(6-17)12-5-11(15)3-4-13(12)16/h3-5,9-10,14H,6-8,17H2,1-2H3. The van der Waals surface area contributed by atoms with Crippen LogP contribution >= 0.6 is 15.9 Å². The molecule has 1 fully saturated rings. The summed E-state index contributed by atoms with van der Waals surface area (Å²) >= 11 is 3.39. The van der Waals surface area contributed by atoms with Gasteiger partial charge in [-0.3, -0.25) is 4.90 Å². The molecule has 0 aromatic heterocycles. The van der Waals surface area contributed by atoms with Crippen LogP contribution in [0, 0.1) is 5.82 Å². The van der Waals surface area contributed by atoms with Crippen molar-refractivity contribution in [2.75, 3.05) is 19.6 Å². The number of hydrogen-bond acceptors (Lipinski definition) is 3. The molecule has 0 bridgehead atoms. The van der Waals surface area contributed by atoms with Crippen LogP contribution in [0.15, 0.2) is 22.7 Å². The highest BCUT2D eigenvalue weighted by Crippen LogP contribution is 2.28. The topological polar surface area (TPSA) is 38.5 Å². The predicted molar refractivity (Wildman–Crippen MR) is 77.5 cm³/mol. The first-order valence-electron chi connectivity index (χ1n) is 6.55. The van der Waals surface area contributed by atoms with Gasteiger partial charge in [-0.2, -0.15) is 0 Å². The Morgan fingerprint density at radius 2 is 2.05 bits per heavy atom. The lowest BCUT2D eigenvalue weighted by molar-refractivity contribution is -0.0802. The molecule has 1 aromatic carbocycles. The Bertz CT molecular complexity index is 433. The van der Waals surface area contributed by atoms with Crippen molar-refractivity contribution < 1.29 is 9.13 Å². The zero-order valence-corrected chi connectivity index (χ0v) is 12.9. The average Bonchev–Trinajstić information content (AvgIpc) is 2.33. The first kappa shape index (κ1) is 14.9. The smallest absolute Gasteiger partial charge is 0.128 e. The summed E-state index contributed by atoms with van der Waals surface area (Å²) in [7, 11) is 0. The SMILES string of the molecule is CC1CN(C(CN)c2cc(Br)ccc2F)CC(C)O1. The van der Waals surface area contributed by atoms with Crippen LogP contribution in [-0.2, 0) is 4.74 Å². The van der Waals surface area contributed by atoms with Gasteiger partial charge in [0.25, 0.3) is 0 Å². The van der Waals surface area contributed by atoms with E-state index in [2.05, 4.69) is 20.8 Å². The molecule has 1 aliphatic heterocycles. The van der Waals surface area contributed by atoms with E-state index in [0.717, 1.165) is 17.6 Å². The molecule has 106 valence electrons. The molecule has 5 heteroatoms. The Morgan fingerprint density at radius 1 is 1.42 bits per heavy atom. The summed E-state index contributed by atoms with van der Waals surface area (Å²) < 4.78 is 20.6. The maximum Gasteiger partial charge on any atom is 0.128 e. The Hall–Kier alpha value is -0.490. The number of halogens is 2. The first-order chi connectivity index (χ1) is 9.01. The minimum absolute atomic E-state index is 0.105. The molecule has 1 saturated heterocycles. The fraction of sp³-hybridized carbons (Fsp3) is 0.571. The van der Waals surface area contributed by atoms with Gasteiger partial charge in [-0.05, 0) is 32.0 Å². The van der Waals surface area contributed by atoms with Gasteiger partial charge in [0, 0.05) is 29.7 Å². The Balaban J connectivity index is 2.26. The number of nitrogens with zero attached hydrogens (tertiary/aromatic N) is 1. The van der Waals surface area contributed by atoms with E-state index in [4.69, 9.17) is 10.5 Å². The minimum Gasteiger partial charge on any atom is -0.373 e. The molecule has 1 aromatic rings. The number of ether oxygens (including phenoxy) is 1. The van der Waals surface area contributed by atoms with Gasteiger partial charge in [-0.25, -0.2) is 4.39 Å². The van der Waals surface area contributed by atoms with Crippen molar-refractivity contribution in [1.82, 2.24) is 4.90 Å². The van der Waals surface area contributed by atoms with Crippen LogP contribution in [-0.4, -0.2) is 36.7 Å². The third kappa shape index (κ3) is 3.54. The monoisotopic (exact) mass is 330 g/mol. The van der Waals surface area contributed by atoms with Crippen molar-refractivity contribution in [3.8, 4) is 0 Å². The third-order valence-electron chi connectivity index (χ3n) is 3.43. The van der Waals surface area contributed by atoms with Gasteiger partial charge in [0.1, 0.15) is 5.82 Å². The summed E-state index contributed by atoms with van der Waals surface area (Å²) in [4.78, 5) is 2.21. The van der Waals surface area contributed by atoms with Crippen molar-refractivity contribution >= 4 is 15.9 Å². The quantitative estimate of drug-likeness (QED) is 0.926. The molecule has 0 aliphatic carbocycles. The molecule has 0 radical (unpaired) electrons. The average molecular weight is 331 g/mol. The second-order valence-corrected chi connectivity index (χ2v) is 6.04. The second-order valence-electron chi connectivity index (χ2n) is 5.13. The van der Waals surface area contributed by atoms with E-state index in [1.165, 1.54) is 6.07 Å². The lowest BCUT2D eigenvalue weighted by Gasteiger charge is -2.40. The van der Waals surface area contributed by atoms with Crippen LogP contribution in [0.3, 0.4) is 0 Å². The zero-order chi connectivity index (χ0) is 14.0. The maximum absolute atomic E-state index is 14.0. The van der Waals surface area contributed by atoms with Gasteiger partial charge < -0.3 is 10.5 Å². The van der Waals surface area contributed by atoms with Crippen molar-refractivity contribution in [2.45, 2.75) is 32.1 Å². The van der Waals surface area contributed by atoms with E-state index >= 15 is 0 Å². The molecule has 3 unspecified atom stereocenters. The molecular formula is C14H20BrFN2O. The molecule has 2 N–H and O–H groups in total. The highest BCUT2D eigenvalue weighted by atomic mass is 79.9. The maximum atomic E-state index is 14.0. The van der Waals surface area contributed by atoms with E-state index in [1.54, 1.807) is 6.07 Å². The van der Waals surface area contributed by atoms with Crippen molar-refractivity contribution in [3.05, 3.63) is 34.1 Å². The Kier molecular flexibility index (Phi) is 4.95. The van der Waals surface area contributed by atoms with Crippen molar-refractivity contribution in [1.29, 1.82) is 0 Å². The van der Waals surface area contributed by atoms with Gasteiger partial charge in [0.2, 0.25) is 0 Å². The molecular weight excluding hydrogens is 311 g/mol. The highest BCUT2D eigenvalue weighted by molar-refractivity contribution is 9.10. The van der Waals surface area contributed by atoms with Crippen LogP contribution in [0.4, 0.5) is 4.39 Å². The van der Waals surface area contributed by atoms with E-state index in [-0.39, 0.29) is 24.1 Å². The summed E-state index contributed by atoms with van der Waals surface area (Å²) in [6, 6.07) is 4.90. The molecule has 0 spiro atoms. The normalized spacial score (nSPS) is 26.4. The third-order valence-corrected chi connectivity index (χ3v) is 3.92. The van der Waals surface area contributed by atoms with Crippen LogP contribution in [0.5, 0.6) is 0 Å². The number of rotatable bonds is 3. The lowest BCUT2D eigenvalue weighted by Crippen LogP contribution is -2.48. The number of nitrogens with two attached hydrogens (primary N) is 1. The summed E-state index contributed by atoms with van der Waals surface area (Å²) in [6.07, 6.45) is 0.293. The first-order valence-corrected chi connectivity index (χ1v) is 7.35. The number of morpholine rings is 1. The summed E-state index contributed by atoms with van der Waals surface area (Å²) in [5.74, 6) is -0.203. The van der Waals surface area contributed by atoms with E-state index in [9.17, 15) is 4.39 Å². The summed E-state index contributed by atoms with van der Waals surface area (Å²) in [5, 5.41) is 0. The zero-order valence-electron chi connectivity index (χ0n) is 11.3. The Labute approximate surface area is 122 Å². The van der Waals surface area contributed by atoms with Crippen molar-refractivity contribution in [3.63, 3.8) is 0 Å². The Morgan fingerprint density at radius 3 is 2.63 bits per heavy atom. The summed E-state index contributed by atoms with van der Waals surface area (Å²) in [5.41, 5.74) is 6.53. The molecule has 0 saturated carbocycles. The molecule has 3 atom stereocenters. The van der Waals surface area contributed by atoms with Crippen LogP contribution in [0.25, 0.3) is 0 Å². The van der Waals surface area contributed by atoms with E-state index < -0.39 is 0 Å². The van der Waals surface area contributed by atoms with Crippen molar-refractivity contribution in [2.24, 2.45) is 5.73 Å². The predicted octanol–water partition coefficient (Wildman–Crippen LogP) is 2.70. The minimum atomic E-state index is -0.203. The van der Waals surface area contributed by atoms with Crippen LogP contribution < -0.4 is 5.73 Å². The van der Waals surface area contributed by atoms with Gasteiger partial charge in [0.05, 0.1) is 18.2 Å². The lowest BCUT2D eigenvalue weighted by atomic mass is 10.0. The molecule has 0 amide bonds. The molecule has 2 rings (SSSR count). The van der Waals surface area contributed by atoms with Gasteiger partial charge in [0.15, 0.2) is 0 Å². The molecule has 3 nitrogen and oxygen atoms in total. The molecule has 19 heavy (non-hydrogen) atoms. The van der Waals surface area contributed by atoms with E-state index in [0.29, 0.717) is 12.1 Å². The number of hydrogen-bond donors (Lipinski definition) is 1. The van der Waals surface area contributed by atoms with Gasteiger partial charge >= 0.3 is 0 Å². The summed E-state index contributed by atoms with van der Waals surface area (Å²) in [6.45, 7) is 6.02. The van der Waals surface area contributed by atoms with Gasteiger partial charge in [-0.15, -0.1) is 0 Å². The molecule has 1 aliphatic rings. The fourth-order valence-corrected chi connectivity index (χ4v) is 3.09. The van der Waals surface area contributed by atoms with E-state index in [1.807, 2.05) is 19.9 Å². The second kappa shape index (κ2) is 6.31. The number of benzene rings is 1. The van der Waals surface area contributed by atoms with Crippen LogP contribution in [0.2, 0.25) is 0 Å². The molecule has 1 heterocycles. The fourth-order valence-electron chi connectivity index (χ4n) is 2.71. The van der Waals surface area contributed by atoms with Crippen LogP contribution in [0.1, 0.15) is 25.5 Å². The highest BCUT2D eigenvalue weighted by Gasteiger charge is 2.29.